The smallest absolute Gasteiger partial charge is 0.341 e. The number of aromatic amines is 1. The van der Waals surface area contributed by atoms with Gasteiger partial charge in [-0.15, -0.1) is 0 Å². The van der Waals surface area contributed by atoms with Gasteiger partial charge >= 0.3 is 5.97 Å². The SMILES string of the molecule is CCOC(=O)C1=CN(C(=O)c2ccc(F)c(F)c2)CCc2c1[nH]c1cccc(OCc3ccccc3)c21. The van der Waals surface area contributed by atoms with E-state index in [1.54, 1.807) is 6.92 Å². The van der Waals surface area contributed by atoms with Crippen LogP contribution >= 0.6 is 0 Å². The van der Waals surface area contributed by atoms with Crippen LogP contribution in [0.15, 0.2) is 72.9 Å². The first kappa shape index (κ1) is 24.2. The molecule has 1 aromatic heterocycles. The summed E-state index contributed by atoms with van der Waals surface area (Å²) in [5, 5.41) is 0.811. The van der Waals surface area contributed by atoms with Crippen LogP contribution in [0, 0.1) is 11.6 Å². The molecular weight excluding hydrogens is 478 g/mol. The highest BCUT2D eigenvalue weighted by Crippen LogP contribution is 2.37. The van der Waals surface area contributed by atoms with Crippen molar-refractivity contribution in [3.05, 3.63) is 107 Å². The molecule has 1 N–H and O–H groups in total. The van der Waals surface area contributed by atoms with Gasteiger partial charge in [0.1, 0.15) is 12.4 Å². The van der Waals surface area contributed by atoms with Crippen molar-refractivity contribution in [2.75, 3.05) is 13.2 Å². The number of ether oxygens (including phenoxy) is 2. The average molecular weight is 503 g/mol. The van der Waals surface area contributed by atoms with Crippen molar-refractivity contribution < 1.29 is 27.8 Å². The van der Waals surface area contributed by atoms with Crippen LogP contribution in [0.4, 0.5) is 8.78 Å². The van der Waals surface area contributed by atoms with E-state index in [9.17, 15) is 18.4 Å². The molecule has 188 valence electrons. The average Bonchev–Trinajstić information content (AvgIpc) is 3.17. The van der Waals surface area contributed by atoms with Gasteiger partial charge < -0.3 is 19.4 Å². The van der Waals surface area contributed by atoms with Crippen molar-refractivity contribution in [3.8, 4) is 5.75 Å². The molecule has 3 aromatic carbocycles. The maximum atomic E-state index is 13.8. The zero-order chi connectivity index (χ0) is 25.9. The summed E-state index contributed by atoms with van der Waals surface area (Å²) in [6.07, 6.45) is 1.79. The van der Waals surface area contributed by atoms with Crippen molar-refractivity contribution in [2.24, 2.45) is 0 Å². The highest BCUT2D eigenvalue weighted by Gasteiger charge is 2.29. The van der Waals surface area contributed by atoms with Gasteiger partial charge in [0.05, 0.1) is 17.9 Å². The third-order valence-corrected chi connectivity index (χ3v) is 6.21. The van der Waals surface area contributed by atoms with E-state index < -0.39 is 23.5 Å². The Morgan fingerprint density at radius 3 is 2.57 bits per heavy atom. The van der Waals surface area contributed by atoms with Crippen LogP contribution < -0.4 is 4.74 Å². The van der Waals surface area contributed by atoms with Gasteiger partial charge in [-0.3, -0.25) is 4.79 Å². The number of fused-ring (bicyclic) bond motifs is 3. The number of hydrogen-bond donors (Lipinski definition) is 1. The van der Waals surface area contributed by atoms with Gasteiger partial charge in [-0.1, -0.05) is 36.4 Å². The summed E-state index contributed by atoms with van der Waals surface area (Å²) >= 11 is 0. The number of rotatable bonds is 6. The number of esters is 1. The lowest BCUT2D eigenvalue weighted by Gasteiger charge is -2.18. The normalized spacial score (nSPS) is 13.1. The summed E-state index contributed by atoms with van der Waals surface area (Å²) < 4.78 is 38.7. The van der Waals surface area contributed by atoms with E-state index in [-0.39, 0.29) is 24.3 Å². The lowest BCUT2D eigenvalue weighted by molar-refractivity contribution is -0.136. The predicted molar refractivity (Wildman–Crippen MR) is 135 cm³/mol. The van der Waals surface area contributed by atoms with Crippen molar-refractivity contribution in [1.29, 1.82) is 0 Å². The van der Waals surface area contributed by atoms with Crippen LogP contribution in [0.25, 0.3) is 16.5 Å². The first-order valence-electron chi connectivity index (χ1n) is 11.9. The van der Waals surface area contributed by atoms with Crippen molar-refractivity contribution in [3.63, 3.8) is 0 Å². The quantitative estimate of drug-likeness (QED) is 0.347. The third kappa shape index (κ3) is 4.82. The molecule has 1 amide bonds. The Kier molecular flexibility index (Phi) is 6.72. The van der Waals surface area contributed by atoms with Gasteiger partial charge in [-0.25, -0.2) is 13.6 Å². The molecule has 0 radical (unpaired) electrons. The Morgan fingerprint density at radius 2 is 1.81 bits per heavy atom. The summed E-state index contributed by atoms with van der Waals surface area (Å²) in [6, 6.07) is 18.4. The summed E-state index contributed by atoms with van der Waals surface area (Å²) in [5.74, 6) is -2.68. The Balaban J connectivity index is 1.55. The maximum absolute atomic E-state index is 13.8. The molecule has 37 heavy (non-hydrogen) atoms. The largest absolute Gasteiger partial charge is 0.488 e. The van der Waals surface area contributed by atoms with Crippen molar-refractivity contribution in [2.45, 2.75) is 20.0 Å². The molecule has 0 saturated carbocycles. The molecule has 0 fully saturated rings. The van der Waals surface area contributed by atoms with Crippen molar-refractivity contribution in [1.82, 2.24) is 9.88 Å². The Morgan fingerprint density at radius 1 is 1.00 bits per heavy atom. The number of nitrogens with one attached hydrogen (secondary N) is 1. The van der Waals surface area contributed by atoms with E-state index in [0.717, 1.165) is 34.2 Å². The van der Waals surface area contributed by atoms with Crippen LogP contribution in [-0.2, 0) is 22.6 Å². The molecule has 0 bridgehead atoms. The van der Waals surface area contributed by atoms with Crippen LogP contribution in [0.1, 0.15) is 34.1 Å². The number of aromatic nitrogens is 1. The minimum Gasteiger partial charge on any atom is -0.488 e. The first-order valence-corrected chi connectivity index (χ1v) is 11.9. The molecule has 8 heteroatoms. The molecule has 1 aliphatic heterocycles. The predicted octanol–water partition coefficient (Wildman–Crippen LogP) is 5.63. The number of amides is 1. The van der Waals surface area contributed by atoms with Crippen LogP contribution in [0.5, 0.6) is 5.75 Å². The van der Waals surface area contributed by atoms with E-state index in [1.807, 2.05) is 48.5 Å². The van der Waals surface area contributed by atoms with Gasteiger partial charge in [-0.05, 0) is 54.8 Å². The summed E-state index contributed by atoms with van der Waals surface area (Å²) in [7, 11) is 0. The minimum absolute atomic E-state index is 0.0272. The van der Waals surface area contributed by atoms with Gasteiger partial charge in [-0.2, -0.15) is 0 Å². The number of benzene rings is 3. The zero-order valence-corrected chi connectivity index (χ0v) is 20.1. The standard InChI is InChI=1S/C29H24F2N2O4/c1-2-36-29(35)21-16-33(28(34)19-11-12-22(30)23(31)15-19)14-13-20-26-24(32-27(20)21)9-6-10-25(26)37-17-18-7-4-3-5-8-18/h3-12,15-16,32H,2,13-14,17H2,1H3. The van der Waals surface area contributed by atoms with E-state index in [1.165, 1.54) is 17.2 Å². The Hall–Kier alpha value is -4.46. The molecule has 0 saturated heterocycles. The fourth-order valence-electron chi connectivity index (χ4n) is 4.45. The number of nitrogens with zero attached hydrogens (tertiary/aromatic N) is 1. The second kappa shape index (κ2) is 10.3. The third-order valence-electron chi connectivity index (χ3n) is 6.21. The molecule has 0 spiro atoms. The fraction of sp³-hybridized carbons (Fsp3) is 0.172. The van der Waals surface area contributed by atoms with Gasteiger partial charge in [0.25, 0.3) is 5.91 Å². The molecule has 2 heterocycles. The lowest BCUT2D eigenvalue weighted by atomic mass is 10.0. The molecule has 0 unspecified atom stereocenters. The lowest BCUT2D eigenvalue weighted by Crippen LogP contribution is -2.28. The highest BCUT2D eigenvalue weighted by atomic mass is 19.2. The van der Waals surface area contributed by atoms with Gasteiger partial charge in [0, 0.05) is 29.2 Å². The molecule has 1 aliphatic rings. The van der Waals surface area contributed by atoms with Crippen LogP contribution in [-0.4, -0.2) is 34.9 Å². The van der Waals surface area contributed by atoms with Crippen LogP contribution in [0.2, 0.25) is 0 Å². The maximum Gasteiger partial charge on any atom is 0.341 e. The number of H-pyrrole nitrogens is 1. The summed E-state index contributed by atoms with van der Waals surface area (Å²) in [5.41, 5.74) is 3.27. The highest BCUT2D eigenvalue weighted by molar-refractivity contribution is 6.18. The van der Waals surface area contributed by atoms with Gasteiger partial charge in [0.2, 0.25) is 0 Å². The van der Waals surface area contributed by atoms with E-state index >= 15 is 0 Å². The van der Waals surface area contributed by atoms with E-state index in [4.69, 9.17) is 9.47 Å². The van der Waals surface area contributed by atoms with Crippen molar-refractivity contribution >= 4 is 28.4 Å². The molecule has 5 rings (SSSR count). The number of halogens is 2. The fourth-order valence-corrected chi connectivity index (χ4v) is 4.45. The number of carbonyl (C=O) groups is 2. The Bertz CT molecular complexity index is 1510. The first-order chi connectivity index (χ1) is 18.0. The zero-order valence-electron chi connectivity index (χ0n) is 20.1. The molecule has 0 aliphatic carbocycles. The molecule has 4 aromatic rings. The van der Waals surface area contributed by atoms with Gasteiger partial charge in [0.15, 0.2) is 11.6 Å². The molecule has 6 nitrogen and oxygen atoms in total. The van der Waals surface area contributed by atoms with E-state index in [2.05, 4.69) is 4.98 Å². The molecular formula is C29H24F2N2O4. The van der Waals surface area contributed by atoms with Crippen LogP contribution in [0.3, 0.4) is 0 Å². The topological polar surface area (TPSA) is 71.6 Å². The molecule has 0 atom stereocenters. The van der Waals surface area contributed by atoms with E-state index in [0.29, 0.717) is 24.5 Å². The number of hydrogen-bond acceptors (Lipinski definition) is 4. The monoisotopic (exact) mass is 502 g/mol. The Labute approximate surface area is 212 Å². The number of carbonyl (C=O) groups excluding carboxylic acids is 2. The minimum atomic E-state index is -1.12. The second-order valence-electron chi connectivity index (χ2n) is 8.57. The summed E-state index contributed by atoms with van der Waals surface area (Å²) in [4.78, 5) is 30.8. The second-order valence-corrected chi connectivity index (χ2v) is 8.57. The summed E-state index contributed by atoms with van der Waals surface area (Å²) in [6.45, 7) is 2.41.